The van der Waals surface area contributed by atoms with Crippen LogP contribution in [0.2, 0.25) is 5.02 Å². The van der Waals surface area contributed by atoms with Gasteiger partial charge in [-0.25, -0.2) is 13.6 Å². The quantitative estimate of drug-likeness (QED) is 0.773. The summed E-state index contributed by atoms with van der Waals surface area (Å²) in [6, 6.07) is 7.54. The molecule has 0 aromatic heterocycles. The minimum atomic E-state index is -0.994. The van der Waals surface area contributed by atoms with Crippen LogP contribution in [-0.2, 0) is 0 Å². The Morgan fingerprint density at radius 1 is 1.17 bits per heavy atom. The van der Waals surface area contributed by atoms with Crippen LogP contribution in [0.4, 0.5) is 19.3 Å². The second kappa shape index (κ2) is 8.35. The summed E-state index contributed by atoms with van der Waals surface area (Å²) in [5, 5.41) is 5.60. The van der Waals surface area contributed by atoms with E-state index in [4.69, 9.17) is 21.1 Å². The summed E-state index contributed by atoms with van der Waals surface area (Å²) >= 11 is 5.87. The molecule has 0 bridgehead atoms. The van der Waals surface area contributed by atoms with Crippen LogP contribution in [0.3, 0.4) is 0 Å². The Morgan fingerprint density at radius 2 is 1.96 bits per heavy atom. The standard InChI is InChI=1S/C16H15ClF2N2O3/c1-23-15-5-2-10(17)8-14(15)21-16(22)20-6-7-24-11-3-4-12(18)13(19)9-11/h2-5,8-9H,6-7H2,1H3,(H2,20,21,22). The molecule has 0 aliphatic heterocycles. The van der Waals surface area contributed by atoms with Crippen LogP contribution in [0.1, 0.15) is 0 Å². The zero-order valence-corrected chi connectivity index (χ0v) is 13.5. The van der Waals surface area contributed by atoms with Crippen molar-refractivity contribution in [2.24, 2.45) is 0 Å². The molecule has 0 unspecified atom stereocenters. The van der Waals surface area contributed by atoms with Crippen molar-refractivity contribution < 1.29 is 23.0 Å². The molecule has 2 aromatic rings. The van der Waals surface area contributed by atoms with Gasteiger partial charge in [-0.2, -0.15) is 0 Å². The number of benzene rings is 2. The van der Waals surface area contributed by atoms with E-state index < -0.39 is 17.7 Å². The van der Waals surface area contributed by atoms with E-state index in [1.165, 1.54) is 13.2 Å². The molecule has 2 aromatic carbocycles. The third-order valence-corrected chi connectivity index (χ3v) is 3.19. The minimum absolute atomic E-state index is 0.0885. The van der Waals surface area contributed by atoms with E-state index in [-0.39, 0.29) is 18.9 Å². The largest absolute Gasteiger partial charge is 0.495 e. The van der Waals surface area contributed by atoms with Crippen LogP contribution < -0.4 is 20.1 Å². The van der Waals surface area contributed by atoms with Crippen molar-refractivity contribution in [3.63, 3.8) is 0 Å². The predicted molar refractivity (Wildman–Crippen MR) is 86.9 cm³/mol. The lowest BCUT2D eigenvalue weighted by molar-refractivity contribution is 0.247. The second-order valence-electron chi connectivity index (χ2n) is 4.65. The van der Waals surface area contributed by atoms with Crippen molar-refractivity contribution in [3.8, 4) is 11.5 Å². The number of urea groups is 1. The first-order valence-electron chi connectivity index (χ1n) is 6.96. The zero-order valence-electron chi connectivity index (χ0n) is 12.7. The van der Waals surface area contributed by atoms with E-state index in [1.807, 2.05) is 0 Å². The maximum Gasteiger partial charge on any atom is 0.319 e. The van der Waals surface area contributed by atoms with Crippen molar-refractivity contribution in [2.45, 2.75) is 0 Å². The number of anilines is 1. The summed E-state index contributed by atoms with van der Waals surface area (Å²) < 4.78 is 36.1. The highest BCUT2D eigenvalue weighted by Crippen LogP contribution is 2.27. The van der Waals surface area contributed by atoms with Crippen molar-refractivity contribution in [3.05, 3.63) is 53.1 Å². The number of hydrogen-bond donors (Lipinski definition) is 2. The third-order valence-electron chi connectivity index (χ3n) is 2.96. The fourth-order valence-electron chi connectivity index (χ4n) is 1.84. The summed E-state index contributed by atoms with van der Waals surface area (Å²) in [5.74, 6) is -1.30. The maximum atomic E-state index is 13.0. The number of amides is 2. The summed E-state index contributed by atoms with van der Waals surface area (Å²) in [5.41, 5.74) is 0.420. The highest BCUT2D eigenvalue weighted by molar-refractivity contribution is 6.31. The first-order chi connectivity index (χ1) is 11.5. The molecular weight excluding hydrogens is 342 g/mol. The zero-order chi connectivity index (χ0) is 17.5. The van der Waals surface area contributed by atoms with Crippen molar-refractivity contribution >= 4 is 23.3 Å². The fraction of sp³-hybridized carbons (Fsp3) is 0.188. The summed E-state index contributed by atoms with van der Waals surface area (Å²) in [6.07, 6.45) is 0. The Labute approximate surface area is 142 Å². The molecule has 5 nitrogen and oxygen atoms in total. The Balaban J connectivity index is 1.79. The highest BCUT2D eigenvalue weighted by Gasteiger charge is 2.08. The lowest BCUT2D eigenvalue weighted by Crippen LogP contribution is -2.32. The molecule has 0 aliphatic rings. The first-order valence-corrected chi connectivity index (χ1v) is 7.33. The van der Waals surface area contributed by atoms with Crippen LogP contribution in [0.25, 0.3) is 0 Å². The molecular formula is C16H15ClF2N2O3. The van der Waals surface area contributed by atoms with Gasteiger partial charge >= 0.3 is 6.03 Å². The molecule has 2 amide bonds. The molecule has 0 saturated carbocycles. The molecule has 8 heteroatoms. The molecule has 0 spiro atoms. The molecule has 2 rings (SSSR count). The van der Waals surface area contributed by atoms with Gasteiger partial charge in [0.2, 0.25) is 0 Å². The predicted octanol–water partition coefficient (Wildman–Crippen LogP) is 3.83. The molecule has 2 N–H and O–H groups in total. The number of halogens is 3. The Morgan fingerprint density at radius 3 is 2.67 bits per heavy atom. The third kappa shape index (κ3) is 4.99. The van der Waals surface area contributed by atoms with Gasteiger partial charge in [-0.3, -0.25) is 0 Å². The number of nitrogens with one attached hydrogen (secondary N) is 2. The van der Waals surface area contributed by atoms with Crippen molar-refractivity contribution in [1.82, 2.24) is 5.32 Å². The van der Waals surface area contributed by atoms with Gasteiger partial charge in [0.05, 0.1) is 19.3 Å². The number of ether oxygens (including phenoxy) is 2. The first kappa shape index (κ1) is 17.8. The molecule has 24 heavy (non-hydrogen) atoms. The topological polar surface area (TPSA) is 59.6 Å². The average molecular weight is 357 g/mol. The van der Waals surface area contributed by atoms with E-state index in [0.717, 1.165) is 12.1 Å². The monoisotopic (exact) mass is 356 g/mol. The SMILES string of the molecule is COc1ccc(Cl)cc1NC(=O)NCCOc1ccc(F)c(F)c1. The van der Waals surface area contributed by atoms with Crippen LogP contribution in [0.15, 0.2) is 36.4 Å². The molecule has 0 heterocycles. The molecule has 128 valence electrons. The molecule has 0 atom stereocenters. The van der Waals surface area contributed by atoms with Gasteiger partial charge in [0.25, 0.3) is 0 Å². The molecule has 0 saturated heterocycles. The van der Waals surface area contributed by atoms with E-state index in [2.05, 4.69) is 10.6 Å². The Kier molecular flexibility index (Phi) is 6.20. The Bertz CT molecular complexity index is 728. The van der Waals surface area contributed by atoms with E-state index in [0.29, 0.717) is 16.5 Å². The van der Waals surface area contributed by atoms with Crippen LogP contribution >= 0.6 is 11.6 Å². The normalized spacial score (nSPS) is 10.2. The number of hydrogen-bond acceptors (Lipinski definition) is 3. The highest BCUT2D eigenvalue weighted by atomic mass is 35.5. The molecule has 0 radical (unpaired) electrons. The number of rotatable bonds is 6. The van der Waals surface area contributed by atoms with E-state index in [9.17, 15) is 13.6 Å². The summed E-state index contributed by atoms with van der Waals surface area (Å²) in [4.78, 5) is 11.8. The van der Waals surface area contributed by atoms with E-state index in [1.54, 1.807) is 18.2 Å². The maximum absolute atomic E-state index is 13.0. The number of carbonyl (C=O) groups excluding carboxylic acids is 1. The second-order valence-corrected chi connectivity index (χ2v) is 5.09. The lowest BCUT2D eigenvalue weighted by atomic mass is 10.3. The van der Waals surface area contributed by atoms with Gasteiger partial charge in [-0.15, -0.1) is 0 Å². The van der Waals surface area contributed by atoms with Gasteiger partial charge in [-0.05, 0) is 30.3 Å². The van der Waals surface area contributed by atoms with Gasteiger partial charge < -0.3 is 20.1 Å². The number of carbonyl (C=O) groups is 1. The summed E-state index contributed by atoms with van der Waals surface area (Å²) in [7, 11) is 1.47. The summed E-state index contributed by atoms with van der Waals surface area (Å²) in [6.45, 7) is 0.249. The van der Waals surface area contributed by atoms with Crippen LogP contribution in [-0.4, -0.2) is 26.3 Å². The minimum Gasteiger partial charge on any atom is -0.495 e. The molecule has 0 fully saturated rings. The molecule has 0 aliphatic carbocycles. The van der Waals surface area contributed by atoms with Gasteiger partial charge in [-0.1, -0.05) is 11.6 Å². The average Bonchev–Trinajstić information content (AvgIpc) is 2.55. The van der Waals surface area contributed by atoms with Crippen molar-refractivity contribution in [2.75, 3.05) is 25.6 Å². The van der Waals surface area contributed by atoms with Gasteiger partial charge in [0, 0.05) is 11.1 Å². The van der Waals surface area contributed by atoms with Crippen molar-refractivity contribution in [1.29, 1.82) is 0 Å². The lowest BCUT2D eigenvalue weighted by Gasteiger charge is -2.12. The Hall–Kier alpha value is -2.54. The van der Waals surface area contributed by atoms with E-state index >= 15 is 0 Å². The van der Waals surface area contributed by atoms with Gasteiger partial charge in [0.1, 0.15) is 18.1 Å². The smallest absolute Gasteiger partial charge is 0.319 e. The number of methoxy groups -OCH3 is 1. The van der Waals surface area contributed by atoms with Crippen LogP contribution in [0.5, 0.6) is 11.5 Å². The van der Waals surface area contributed by atoms with Gasteiger partial charge in [0.15, 0.2) is 11.6 Å². The fourth-order valence-corrected chi connectivity index (χ4v) is 2.02. The van der Waals surface area contributed by atoms with Crippen LogP contribution in [0, 0.1) is 11.6 Å².